The average Bonchev–Trinajstić information content (AvgIpc) is 1.99. The molecule has 3 nitrogen and oxygen atoms in total. The molecule has 1 aromatic rings. The highest BCUT2D eigenvalue weighted by Crippen LogP contribution is 2.31. The normalized spacial score (nSPS) is 10.9. The molecular weight excluding hydrogens is 345 g/mol. The minimum absolute atomic E-state index is 0.132. The van der Waals surface area contributed by atoms with Crippen LogP contribution in [-0.2, 0) is 0 Å². The van der Waals surface area contributed by atoms with Gasteiger partial charge in [0.05, 0.1) is 0 Å². The Bertz CT molecular complexity index is 427. The highest BCUT2D eigenvalue weighted by Gasteiger charge is 2.33. The van der Waals surface area contributed by atoms with Crippen LogP contribution < -0.4 is 4.74 Å². The zero-order valence-corrected chi connectivity index (χ0v) is 9.94. The molecule has 80 valence electrons. The topological polar surface area (TPSA) is 45.9 Å². The van der Waals surface area contributed by atoms with Crippen molar-refractivity contribution in [2.45, 2.75) is 6.36 Å². The molecule has 0 radical (unpaired) electrons. The summed E-state index contributed by atoms with van der Waals surface area (Å²) in [5.41, 5.74) is -0.310. The molecule has 0 unspecified atom stereocenters. The molecule has 1 rings (SSSR count). The van der Waals surface area contributed by atoms with Crippen molar-refractivity contribution in [3.8, 4) is 11.9 Å². The van der Waals surface area contributed by atoms with Gasteiger partial charge in [0.2, 0.25) is 5.88 Å². The molecular formula is C7HBr2F3N2O. The van der Waals surface area contributed by atoms with E-state index in [0.29, 0.717) is 0 Å². The number of halogens is 5. The number of rotatable bonds is 1. The van der Waals surface area contributed by atoms with Gasteiger partial charge in [-0.15, -0.1) is 13.2 Å². The van der Waals surface area contributed by atoms with Gasteiger partial charge in [-0.25, -0.2) is 4.98 Å². The Morgan fingerprint density at radius 3 is 2.47 bits per heavy atom. The fourth-order valence-corrected chi connectivity index (χ4v) is 1.92. The van der Waals surface area contributed by atoms with E-state index < -0.39 is 12.2 Å². The van der Waals surface area contributed by atoms with E-state index in [2.05, 4.69) is 41.6 Å². The highest BCUT2D eigenvalue weighted by atomic mass is 79.9. The van der Waals surface area contributed by atoms with Crippen LogP contribution in [0.5, 0.6) is 5.88 Å². The minimum atomic E-state index is -4.88. The van der Waals surface area contributed by atoms with Gasteiger partial charge in [0.15, 0.2) is 0 Å². The van der Waals surface area contributed by atoms with Gasteiger partial charge in [-0.1, -0.05) is 0 Å². The maximum atomic E-state index is 11.9. The Labute approximate surface area is 99.1 Å². The number of hydrogen-bond donors (Lipinski definition) is 0. The summed E-state index contributed by atoms with van der Waals surface area (Å²) in [6.07, 6.45) is -4.88. The number of alkyl halides is 3. The molecule has 8 heteroatoms. The predicted octanol–water partition coefficient (Wildman–Crippen LogP) is 3.38. The van der Waals surface area contributed by atoms with Crippen molar-refractivity contribution in [2.24, 2.45) is 0 Å². The third-order valence-corrected chi connectivity index (χ3v) is 2.26. The Morgan fingerprint density at radius 2 is 2.00 bits per heavy atom. The molecule has 0 amide bonds. The van der Waals surface area contributed by atoms with Crippen LogP contribution in [0.2, 0.25) is 0 Å². The van der Waals surface area contributed by atoms with Crippen molar-refractivity contribution in [1.82, 2.24) is 4.98 Å². The third-order valence-electron chi connectivity index (χ3n) is 1.23. The number of nitriles is 1. The van der Waals surface area contributed by atoms with Crippen LogP contribution >= 0.6 is 31.9 Å². The number of ether oxygens (including phenoxy) is 1. The first-order valence-corrected chi connectivity index (χ1v) is 4.94. The Balaban J connectivity index is 3.23. The lowest BCUT2D eigenvalue weighted by Crippen LogP contribution is -2.19. The fourth-order valence-electron chi connectivity index (χ4n) is 0.749. The lowest BCUT2D eigenvalue weighted by atomic mass is 10.3. The molecule has 1 aromatic heterocycles. The molecule has 0 bridgehead atoms. The van der Waals surface area contributed by atoms with E-state index in [1.165, 1.54) is 6.07 Å². The summed E-state index contributed by atoms with van der Waals surface area (Å²) in [6.45, 7) is 0. The van der Waals surface area contributed by atoms with Gasteiger partial charge in [0.25, 0.3) is 0 Å². The zero-order valence-electron chi connectivity index (χ0n) is 6.77. The summed E-state index contributed by atoms with van der Waals surface area (Å²) in [5.74, 6) is -0.786. The number of nitrogens with zero attached hydrogens (tertiary/aromatic N) is 2. The van der Waals surface area contributed by atoms with Crippen LogP contribution in [0.4, 0.5) is 13.2 Å². The fraction of sp³-hybridized carbons (Fsp3) is 0.143. The van der Waals surface area contributed by atoms with Crippen molar-refractivity contribution in [1.29, 1.82) is 5.26 Å². The first-order valence-electron chi connectivity index (χ1n) is 3.35. The lowest BCUT2D eigenvalue weighted by molar-refractivity contribution is -0.276. The smallest absolute Gasteiger partial charge is 0.386 e. The Kier molecular flexibility index (Phi) is 3.57. The van der Waals surface area contributed by atoms with Crippen molar-refractivity contribution in [3.63, 3.8) is 0 Å². The molecule has 0 spiro atoms. The van der Waals surface area contributed by atoms with Crippen LogP contribution in [0, 0.1) is 11.3 Å². The van der Waals surface area contributed by atoms with Crippen molar-refractivity contribution in [2.75, 3.05) is 0 Å². The van der Waals surface area contributed by atoms with Crippen LogP contribution in [0.15, 0.2) is 15.1 Å². The summed E-state index contributed by atoms with van der Waals surface area (Å²) in [5, 5.41) is 8.60. The van der Waals surface area contributed by atoms with E-state index in [1.54, 1.807) is 6.07 Å². The van der Waals surface area contributed by atoms with E-state index in [-0.39, 0.29) is 14.6 Å². The van der Waals surface area contributed by atoms with Crippen LogP contribution in [0.3, 0.4) is 0 Å². The Hall–Kier alpha value is -0.810. The molecule has 15 heavy (non-hydrogen) atoms. The van der Waals surface area contributed by atoms with E-state index in [9.17, 15) is 13.2 Å². The zero-order chi connectivity index (χ0) is 11.6. The molecule has 1 heterocycles. The molecule has 0 aliphatic rings. The molecule has 0 aromatic carbocycles. The van der Waals surface area contributed by atoms with Gasteiger partial charge in [-0.05, 0) is 37.9 Å². The molecule has 0 N–H and O–H groups in total. The quantitative estimate of drug-likeness (QED) is 0.733. The van der Waals surface area contributed by atoms with Crippen molar-refractivity contribution in [3.05, 3.63) is 20.7 Å². The minimum Gasteiger partial charge on any atom is -0.386 e. The van der Waals surface area contributed by atoms with Gasteiger partial charge in [-0.2, -0.15) is 5.26 Å². The summed E-state index contributed by atoms with van der Waals surface area (Å²) < 4.78 is 39.7. The molecule has 0 saturated carbocycles. The summed E-state index contributed by atoms with van der Waals surface area (Å²) >= 11 is 5.81. The molecule has 0 fully saturated rings. The van der Waals surface area contributed by atoms with Gasteiger partial charge in [0.1, 0.15) is 16.2 Å². The van der Waals surface area contributed by atoms with E-state index in [4.69, 9.17) is 5.26 Å². The van der Waals surface area contributed by atoms with Crippen LogP contribution in [0.1, 0.15) is 5.56 Å². The second-order valence-electron chi connectivity index (χ2n) is 2.27. The van der Waals surface area contributed by atoms with Crippen molar-refractivity contribution < 1.29 is 17.9 Å². The first kappa shape index (κ1) is 12.3. The number of hydrogen-bond acceptors (Lipinski definition) is 3. The predicted molar refractivity (Wildman–Crippen MR) is 51.0 cm³/mol. The summed E-state index contributed by atoms with van der Waals surface area (Å²) in [7, 11) is 0. The van der Waals surface area contributed by atoms with Gasteiger partial charge in [-0.3, -0.25) is 0 Å². The van der Waals surface area contributed by atoms with Crippen molar-refractivity contribution >= 4 is 31.9 Å². The maximum absolute atomic E-state index is 11.9. The first-order chi connectivity index (χ1) is 6.83. The van der Waals surface area contributed by atoms with Gasteiger partial charge >= 0.3 is 6.36 Å². The van der Waals surface area contributed by atoms with E-state index >= 15 is 0 Å². The average molecular weight is 346 g/mol. The second kappa shape index (κ2) is 4.37. The third kappa shape index (κ3) is 3.35. The SMILES string of the molecule is N#Cc1c(Br)cc(Br)nc1OC(F)(F)F. The summed E-state index contributed by atoms with van der Waals surface area (Å²) in [4.78, 5) is 3.41. The molecule has 0 aliphatic heterocycles. The van der Waals surface area contributed by atoms with Crippen LogP contribution in [-0.4, -0.2) is 11.3 Å². The number of aromatic nitrogens is 1. The summed E-state index contributed by atoms with van der Waals surface area (Å²) in [6, 6.07) is 2.91. The standard InChI is InChI=1S/C7HBr2F3N2O/c8-4-1-5(9)14-6(3(4)2-13)15-7(10,11)12/h1H. The second-order valence-corrected chi connectivity index (χ2v) is 3.93. The van der Waals surface area contributed by atoms with Crippen LogP contribution in [0.25, 0.3) is 0 Å². The van der Waals surface area contributed by atoms with E-state index in [0.717, 1.165) is 0 Å². The maximum Gasteiger partial charge on any atom is 0.574 e. The lowest BCUT2D eigenvalue weighted by Gasteiger charge is -2.09. The number of pyridine rings is 1. The Morgan fingerprint density at radius 1 is 1.40 bits per heavy atom. The largest absolute Gasteiger partial charge is 0.574 e. The molecule has 0 saturated heterocycles. The van der Waals surface area contributed by atoms with E-state index in [1.807, 2.05) is 0 Å². The molecule has 0 aliphatic carbocycles. The monoisotopic (exact) mass is 344 g/mol. The van der Waals surface area contributed by atoms with Gasteiger partial charge < -0.3 is 4.74 Å². The molecule has 0 atom stereocenters. The highest BCUT2D eigenvalue weighted by molar-refractivity contribution is 9.11. The van der Waals surface area contributed by atoms with Gasteiger partial charge in [0, 0.05) is 4.47 Å².